The first kappa shape index (κ1) is 12.6. The van der Waals surface area contributed by atoms with Gasteiger partial charge in [0.25, 0.3) is 0 Å². The molecule has 0 fully saturated rings. The summed E-state index contributed by atoms with van der Waals surface area (Å²) < 4.78 is 16.3. The van der Waals surface area contributed by atoms with Gasteiger partial charge in [-0.2, -0.15) is 0 Å². The van der Waals surface area contributed by atoms with Crippen molar-refractivity contribution in [1.29, 1.82) is 0 Å². The van der Waals surface area contributed by atoms with E-state index < -0.39 is 0 Å². The van der Waals surface area contributed by atoms with Crippen molar-refractivity contribution in [2.45, 2.75) is 10.9 Å². The van der Waals surface area contributed by atoms with Gasteiger partial charge in [0.2, 0.25) is 0 Å². The first-order chi connectivity index (χ1) is 9.24. The molecule has 0 amide bonds. The Morgan fingerprint density at radius 3 is 2.95 bits per heavy atom. The van der Waals surface area contributed by atoms with Crippen LogP contribution in [0.25, 0.3) is 5.65 Å². The van der Waals surface area contributed by atoms with Crippen molar-refractivity contribution >= 4 is 33.3 Å². The number of aromatic nitrogens is 3. The molecule has 3 aromatic rings. The Balaban J connectivity index is 1.82. The van der Waals surface area contributed by atoms with E-state index in [4.69, 9.17) is 0 Å². The van der Waals surface area contributed by atoms with Gasteiger partial charge in [-0.15, -0.1) is 10.2 Å². The standard InChI is InChI=1S/C13H9BrFN3S/c14-10-5-4-9(11(15)7-10)8-19-13-17-16-12-3-1-2-6-18(12)13/h1-7H,8H2. The highest BCUT2D eigenvalue weighted by molar-refractivity contribution is 9.10. The van der Waals surface area contributed by atoms with Gasteiger partial charge < -0.3 is 0 Å². The second-order valence-corrected chi connectivity index (χ2v) is 5.79. The SMILES string of the molecule is Fc1cc(Br)ccc1CSc1nnc2ccccn12. The summed E-state index contributed by atoms with van der Waals surface area (Å²) in [5.74, 6) is 0.310. The molecule has 96 valence electrons. The third-order valence-corrected chi connectivity index (χ3v) is 4.14. The highest BCUT2D eigenvalue weighted by Crippen LogP contribution is 2.24. The molecule has 2 aromatic heterocycles. The van der Waals surface area contributed by atoms with Crippen LogP contribution < -0.4 is 0 Å². The molecule has 0 aliphatic carbocycles. The molecule has 1 aromatic carbocycles. The summed E-state index contributed by atoms with van der Waals surface area (Å²) in [5.41, 5.74) is 1.45. The number of hydrogen-bond donors (Lipinski definition) is 0. The van der Waals surface area contributed by atoms with E-state index in [0.717, 1.165) is 15.3 Å². The Morgan fingerprint density at radius 1 is 1.21 bits per heavy atom. The van der Waals surface area contributed by atoms with Crippen molar-refractivity contribution in [1.82, 2.24) is 14.6 Å². The van der Waals surface area contributed by atoms with Crippen LogP contribution in [-0.4, -0.2) is 14.6 Å². The van der Waals surface area contributed by atoms with Crippen LogP contribution in [0.5, 0.6) is 0 Å². The summed E-state index contributed by atoms with van der Waals surface area (Å²) in [5, 5.41) is 8.92. The number of thioether (sulfide) groups is 1. The first-order valence-corrected chi connectivity index (χ1v) is 7.38. The van der Waals surface area contributed by atoms with Crippen molar-refractivity contribution in [3.63, 3.8) is 0 Å². The predicted molar refractivity (Wildman–Crippen MR) is 76.6 cm³/mol. The molecule has 0 bridgehead atoms. The lowest BCUT2D eigenvalue weighted by Crippen LogP contribution is -1.90. The van der Waals surface area contributed by atoms with Crippen LogP contribution in [-0.2, 0) is 5.75 Å². The van der Waals surface area contributed by atoms with Gasteiger partial charge in [0, 0.05) is 16.4 Å². The number of halogens is 2. The van der Waals surface area contributed by atoms with E-state index in [0.29, 0.717) is 11.3 Å². The monoisotopic (exact) mass is 337 g/mol. The van der Waals surface area contributed by atoms with E-state index in [-0.39, 0.29) is 5.82 Å². The highest BCUT2D eigenvalue weighted by Gasteiger charge is 2.08. The van der Waals surface area contributed by atoms with E-state index in [1.165, 1.54) is 17.8 Å². The van der Waals surface area contributed by atoms with Gasteiger partial charge in [-0.25, -0.2) is 4.39 Å². The molecule has 0 saturated heterocycles. The minimum Gasteiger partial charge on any atom is -0.277 e. The average Bonchev–Trinajstić information content (AvgIpc) is 2.81. The fourth-order valence-electron chi connectivity index (χ4n) is 1.70. The van der Waals surface area contributed by atoms with Crippen LogP contribution in [0.2, 0.25) is 0 Å². The third kappa shape index (κ3) is 2.64. The van der Waals surface area contributed by atoms with E-state index in [1.807, 2.05) is 34.9 Å². The number of fused-ring (bicyclic) bond motifs is 1. The summed E-state index contributed by atoms with van der Waals surface area (Å²) in [6.07, 6.45) is 1.90. The summed E-state index contributed by atoms with van der Waals surface area (Å²) in [4.78, 5) is 0. The molecule has 0 atom stereocenters. The van der Waals surface area contributed by atoms with Crippen molar-refractivity contribution in [3.05, 3.63) is 58.4 Å². The van der Waals surface area contributed by atoms with Gasteiger partial charge in [-0.1, -0.05) is 39.8 Å². The van der Waals surface area contributed by atoms with Crippen molar-refractivity contribution < 1.29 is 4.39 Å². The smallest absolute Gasteiger partial charge is 0.195 e. The van der Waals surface area contributed by atoms with Crippen LogP contribution >= 0.6 is 27.7 Å². The van der Waals surface area contributed by atoms with Crippen molar-refractivity contribution in [2.24, 2.45) is 0 Å². The van der Waals surface area contributed by atoms with Crippen molar-refractivity contribution in [3.8, 4) is 0 Å². The lowest BCUT2D eigenvalue weighted by atomic mass is 10.2. The summed E-state index contributed by atoms with van der Waals surface area (Å²) in [6, 6.07) is 10.8. The predicted octanol–water partition coefficient (Wildman–Crippen LogP) is 3.92. The van der Waals surface area contributed by atoms with E-state index in [9.17, 15) is 4.39 Å². The zero-order chi connectivity index (χ0) is 13.2. The maximum Gasteiger partial charge on any atom is 0.195 e. The molecule has 3 rings (SSSR count). The number of benzene rings is 1. The van der Waals surface area contributed by atoms with Crippen molar-refractivity contribution in [2.75, 3.05) is 0 Å². The van der Waals surface area contributed by atoms with Crippen LogP contribution in [0, 0.1) is 5.82 Å². The molecule has 0 N–H and O–H groups in total. The summed E-state index contributed by atoms with van der Waals surface area (Å²) >= 11 is 4.71. The molecule has 3 nitrogen and oxygen atoms in total. The van der Waals surface area contributed by atoms with Crippen LogP contribution in [0.3, 0.4) is 0 Å². The average molecular weight is 338 g/mol. The Bertz CT molecular complexity index is 729. The van der Waals surface area contributed by atoms with E-state index in [2.05, 4.69) is 26.1 Å². The van der Waals surface area contributed by atoms with Crippen LogP contribution in [0.15, 0.2) is 52.2 Å². The molecular formula is C13H9BrFN3S. The molecular weight excluding hydrogens is 329 g/mol. The van der Waals surface area contributed by atoms with E-state index in [1.54, 1.807) is 6.07 Å². The first-order valence-electron chi connectivity index (χ1n) is 5.60. The molecule has 0 aliphatic heterocycles. The third-order valence-electron chi connectivity index (χ3n) is 2.65. The molecule has 19 heavy (non-hydrogen) atoms. The van der Waals surface area contributed by atoms with Gasteiger partial charge in [0.1, 0.15) is 5.82 Å². The molecule has 0 saturated carbocycles. The normalized spacial score (nSPS) is 11.1. The lowest BCUT2D eigenvalue weighted by Gasteiger charge is -2.02. The number of hydrogen-bond acceptors (Lipinski definition) is 3. The number of nitrogens with zero attached hydrogens (tertiary/aromatic N) is 3. The Labute approximate surface area is 122 Å². The van der Waals surface area contributed by atoms with Gasteiger partial charge >= 0.3 is 0 Å². The van der Waals surface area contributed by atoms with Gasteiger partial charge in [-0.3, -0.25) is 4.40 Å². The molecule has 0 unspecified atom stereocenters. The summed E-state index contributed by atoms with van der Waals surface area (Å²) in [7, 11) is 0. The molecule has 0 radical (unpaired) electrons. The van der Waals surface area contributed by atoms with Crippen LogP contribution in [0.1, 0.15) is 5.56 Å². The largest absolute Gasteiger partial charge is 0.277 e. The zero-order valence-corrected chi connectivity index (χ0v) is 12.2. The number of rotatable bonds is 3. The van der Waals surface area contributed by atoms with Gasteiger partial charge in [0.05, 0.1) is 0 Å². The second kappa shape index (κ2) is 5.30. The van der Waals surface area contributed by atoms with Crippen LogP contribution in [0.4, 0.5) is 4.39 Å². The molecule has 0 aliphatic rings. The van der Waals surface area contributed by atoms with Gasteiger partial charge in [-0.05, 0) is 29.8 Å². The highest BCUT2D eigenvalue weighted by atomic mass is 79.9. The maximum absolute atomic E-state index is 13.7. The molecule has 2 heterocycles. The minimum atomic E-state index is -0.212. The summed E-state index contributed by atoms with van der Waals surface area (Å²) in [6.45, 7) is 0. The fraction of sp³-hybridized carbons (Fsp3) is 0.0769. The topological polar surface area (TPSA) is 30.2 Å². The van der Waals surface area contributed by atoms with Gasteiger partial charge in [0.15, 0.2) is 10.8 Å². The Hall–Kier alpha value is -1.40. The number of pyridine rings is 1. The van der Waals surface area contributed by atoms with E-state index >= 15 is 0 Å². The Morgan fingerprint density at radius 2 is 2.11 bits per heavy atom. The second-order valence-electron chi connectivity index (χ2n) is 3.94. The Kier molecular flexibility index (Phi) is 3.52. The zero-order valence-electron chi connectivity index (χ0n) is 9.75. The fourth-order valence-corrected chi connectivity index (χ4v) is 2.94. The molecule has 0 spiro atoms. The quantitative estimate of drug-likeness (QED) is 0.678. The maximum atomic E-state index is 13.7. The molecule has 6 heteroatoms. The lowest BCUT2D eigenvalue weighted by molar-refractivity contribution is 0.616. The minimum absolute atomic E-state index is 0.212.